The van der Waals surface area contributed by atoms with Crippen molar-refractivity contribution in [2.24, 2.45) is 11.7 Å². The van der Waals surface area contributed by atoms with Crippen molar-refractivity contribution in [2.45, 2.75) is 63.9 Å². The first kappa shape index (κ1) is 24.2. The zero-order chi connectivity index (χ0) is 21.6. The monoisotopic (exact) mass is 418 g/mol. The van der Waals surface area contributed by atoms with Gasteiger partial charge in [0.15, 0.2) is 0 Å². The molecule has 1 rings (SSSR count). The average molecular weight is 419 g/mol. The van der Waals surface area contributed by atoms with Gasteiger partial charge < -0.3 is 31.5 Å². The highest BCUT2D eigenvalue weighted by molar-refractivity contribution is 7.80. The fraction of sp³-hybridized carbons (Fsp3) is 0.765. The van der Waals surface area contributed by atoms with Gasteiger partial charge >= 0.3 is 5.97 Å². The minimum atomic E-state index is -1.34. The highest BCUT2D eigenvalue weighted by Crippen LogP contribution is 2.19. The van der Waals surface area contributed by atoms with E-state index in [-0.39, 0.29) is 18.2 Å². The standard InChI is InChI=1S/C17H30N4O6S/c1-8(2)12(18)15(24)19-10(7-28)14(23)20-13(9(3)22)16(25)21-6-4-5-11(21)17(26)27/h8-13,22,28H,4-7,18H2,1-3H3,(H,19,24)(H,20,23)(H,26,27). The quantitative estimate of drug-likeness (QED) is 0.244. The van der Waals surface area contributed by atoms with E-state index in [0.29, 0.717) is 12.8 Å². The van der Waals surface area contributed by atoms with Gasteiger partial charge in [0.25, 0.3) is 0 Å². The number of nitrogens with one attached hydrogen (secondary N) is 2. The molecule has 0 aromatic rings. The van der Waals surface area contributed by atoms with E-state index in [9.17, 15) is 29.4 Å². The maximum Gasteiger partial charge on any atom is 0.326 e. The van der Waals surface area contributed by atoms with Crippen molar-refractivity contribution in [1.82, 2.24) is 15.5 Å². The number of amides is 3. The zero-order valence-corrected chi connectivity index (χ0v) is 17.2. The molecule has 0 aliphatic carbocycles. The number of thiol groups is 1. The predicted molar refractivity (Wildman–Crippen MR) is 105 cm³/mol. The number of aliphatic carboxylic acids is 1. The molecule has 0 bridgehead atoms. The molecule has 1 aliphatic rings. The summed E-state index contributed by atoms with van der Waals surface area (Å²) in [5.74, 6) is -3.26. The molecule has 28 heavy (non-hydrogen) atoms. The molecule has 1 fully saturated rings. The SMILES string of the molecule is CC(C)C(N)C(=O)NC(CS)C(=O)NC(C(=O)N1CCCC1C(=O)O)C(C)O. The van der Waals surface area contributed by atoms with Gasteiger partial charge in [0.1, 0.15) is 18.1 Å². The number of hydrogen-bond donors (Lipinski definition) is 6. The summed E-state index contributed by atoms with van der Waals surface area (Å²) in [5, 5.41) is 24.1. The highest BCUT2D eigenvalue weighted by Gasteiger charge is 2.39. The first-order valence-corrected chi connectivity index (χ1v) is 9.83. The summed E-state index contributed by atoms with van der Waals surface area (Å²) in [6.45, 7) is 5.07. The van der Waals surface area contributed by atoms with Crippen LogP contribution in [0.5, 0.6) is 0 Å². The molecular weight excluding hydrogens is 388 g/mol. The van der Waals surface area contributed by atoms with Gasteiger partial charge in [-0.3, -0.25) is 14.4 Å². The van der Waals surface area contributed by atoms with Crippen LogP contribution in [-0.4, -0.2) is 81.4 Å². The molecule has 6 N–H and O–H groups in total. The molecule has 0 spiro atoms. The molecule has 0 radical (unpaired) electrons. The second kappa shape index (κ2) is 10.6. The molecule has 5 unspecified atom stereocenters. The molecule has 0 saturated carbocycles. The zero-order valence-electron chi connectivity index (χ0n) is 16.3. The van der Waals surface area contributed by atoms with Crippen LogP contribution in [0.1, 0.15) is 33.6 Å². The van der Waals surface area contributed by atoms with Crippen LogP contribution in [0, 0.1) is 5.92 Å². The Morgan fingerprint density at radius 3 is 2.25 bits per heavy atom. The van der Waals surface area contributed by atoms with E-state index in [1.54, 1.807) is 13.8 Å². The summed E-state index contributed by atoms with van der Waals surface area (Å²) in [6, 6.07) is -4.21. The highest BCUT2D eigenvalue weighted by atomic mass is 32.1. The molecule has 10 nitrogen and oxygen atoms in total. The fourth-order valence-electron chi connectivity index (χ4n) is 2.87. The topological polar surface area (TPSA) is 162 Å². The van der Waals surface area contributed by atoms with Crippen LogP contribution >= 0.6 is 12.6 Å². The van der Waals surface area contributed by atoms with Crippen LogP contribution in [0.3, 0.4) is 0 Å². The first-order chi connectivity index (χ1) is 13.0. The Bertz CT molecular complexity index is 600. The largest absolute Gasteiger partial charge is 0.480 e. The van der Waals surface area contributed by atoms with E-state index in [0.717, 1.165) is 4.90 Å². The number of carbonyl (C=O) groups is 4. The first-order valence-electron chi connectivity index (χ1n) is 9.19. The Kier molecular flexibility index (Phi) is 9.18. The number of nitrogens with two attached hydrogens (primary N) is 1. The van der Waals surface area contributed by atoms with E-state index in [1.165, 1.54) is 6.92 Å². The Morgan fingerprint density at radius 1 is 1.18 bits per heavy atom. The third-order valence-electron chi connectivity index (χ3n) is 4.70. The van der Waals surface area contributed by atoms with Crippen LogP contribution in [0.25, 0.3) is 0 Å². The summed E-state index contributed by atoms with van der Waals surface area (Å²) in [7, 11) is 0. The molecule has 160 valence electrons. The van der Waals surface area contributed by atoms with Crippen LogP contribution in [0.4, 0.5) is 0 Å². The van der Waals surface area contributed by atoms with Crippen molar-refractivity contribution in [3.63, 3.8) is 0 Å². The van der Waals surface area contributed by atoms with Gasteiger partial charge in [-0.15, -0.1) is 0 Å². The molecular formula is C17H30N4O6S. The van der Waals surface area contributed by atoms with Gasteiger partial charge in [0.05, 0.1) is 12.1 Å². The average Bonchev–Trinajstić information content (AvgIpc) is 3.12. The number of hydrogen-bond acceptors (Lipinski definition) is 7. The predicted octanol–water partition coefficient (Wildman–Crippen LogP) is -1.67. The fourth-order valence-corrected chi connectivity index (χ4v) is 3.13. The molecule has 1 saturated heterocycles. The number of likely N-dealkylation sites (tertiary alicyclic amines) is 1. The van der Waals surface area contributed by atoms with Crippen molar-refractivity contribution in [3.05, 3.63) is 0 Å². The summed E-state index contributed by atoms with van der Waals surface area (Å²) in [4.78, 5) is 49.8. The lowest BCUT2D eigenvalue weighted by molar-refractivity contribution is -0.150. The number of aliphatic hydroxyl groups excluding tert-OH is 1. The maximum absolute atomic E-state index is 12.7. The molecule has 0 aromatic heterocycles. The van der Waals surface area contributed by atoms with E-state index in [4.69, 9.17) is 5.73 Å². The number of carboxylic acid groups (broad SMARTS) is 1. The molecule has 3 amide bonds. The van der Waals surface area contributed by atoms with Gasteiger partial charge in [-0.25, -0.2) is 4.79 Å². The van der Waals surface area contributed by atoms with Gasteiger partial charge in [-0.05, 0) is 25.7 Å². The lowest BCUT2D eigenvalue weighted by Crippen LogP contribution is -2.60. The third kappa shape index (κ3) is 6.08. The van der Waals surface area contributed by atoms with Crippen molar-refractivity contribution in [2.75, 3.05) is 12.3 Å². The number of rotatable bonds is 9. The maximum atomic E-state index is 12.7. The Labute approximate surface area is 169 Å². The van der Waals surface area contributed by atoms with E-state index in [1.807, 2.05) is 0 Å². The molecule has 11 heteroatoms. The number of carbonyl (C=O) groups excluding carboxylic acids is 3. The number of aliphatic hydroxyl groups is 1. The summed E-state index contributed by atoms with van der Waals surface area (Å²) in [6.07, 6.45) is -0.434. The minimum Gasteiger partial charge on any atom is -0.480 e. The molecule has 1 aliphatic heterocycles. The summed E-state index contributed by atoms with van der Waals surface area (Å²) in [5.41, 5.74) is 5.76. The van der Waals surface area contributed by atoms with Gasteiger partial charge in [0.2, 0.25) is 17.7 Å². The number of nitrogens with zero attached hydrogens (tertiary/aromatic N) is 1. The lowest BCUT2D eigenvalue weighted by Gasteiger charge is -2.30. The minimum absolute atomic E-state index is 0.0510. The molecule has 5 atom stereocenters. The lowest BCUT2D eigenvalue weighted by atomic mass is 10.0. The Hall–Kier alpha value is -1.85. The second-order valence-corrected chi connectivity index (χ2v) is 7.63. The van der Waals surface area contributed by atoms with Crippen molar-refractivity contribution >= 4 is 36.3 Å². The normalized spacial score (nSPS) is 21.0. The number of carboxylic acids is 1. The van der Waals surface area contributed by atoms with Crippen molar-refractivity contribution in [1.29, 1.82) is 0 Å². The van der Waals surface area contributed by atoms with Crippen LogP contribution < -0.4 is 16.4 Å². The molecule has 0 aromatic carbocycles. The van der Waals surface area contributed by atoms with Gasteiger partial charge in [-0.1, -0.05) is 13.8 Å². The van der Waals surface area contributed by atoms with Gasteiger partial charge in [0, 0.05) is 12.3 Å². The van der Waals surface area contributed by atoms with Crippen molar-refractivity contribution < 1.29 is 29.4 Å². The smallest absolute Gasteiger partial charge is 0.326 e. The van der Waals surface area contributed by atoms with Crippen LogP contribution in [0.15, 0.2) is 0 Å². The van der Waals surface area contributed by atoms with Crippen LogP contribution in [0.2, 0.25) is 0 Å². The van der Waals surface area contributed by atoms with Crippen LogP contribution in [-0.2, 0) is 19.2 Å². The second-order valence-electron chi connectivity index (χ2n) is 7.27. The Morgan fingerprint density at radius 2 is 1.79 bits per heavy atom. The van der Waals surface area contributed by atoms with Crippen molar-refractivity contribution in [3.8, 4) is 0 Å². The summed E-state index contributed by atoms with van der Waals surface area (Å²) >= 11 is 4.05. The van der Waals surface area contributed by atoms with E-state index >= 15 is 0 Å². The Balaban J connectivity index is 2.86. The molecule has 1 heterocycles. The van der Waals surface area contributed by atoms with Gasteiger partial charge in [-0.2, -0.15) is 12.6 Å². The third-order valence-corrected chi connectivity index (χ3v) is 5.07. The van der Waals surface area contributed by atoms with E-state index in [2.05, 4.69) is 23.3 Å². The van der Waals surface area contributed by atoms with E-state index < -0.39 is 54.0 Å². The summed E-state index contributed by atoms with van der Waals surface area (Å²) < 4.78 is 0.